The summed E-state index contributed by atoms with van der Waals surface area (Å²) in [6, 6.07) is 19.0. The van der Waals surface area contributed by atoms with Crippen molar-refractivity contribution in [1.29, 1.82) is 0 Å². The molecule has 0 saturated carbocycles. The Morgan fingerprint density at radius 2 is 1.83 bits per heavy atom. The molecule has 0 aliphatic carbocycles. The average molecular weight is 322 g/mol. The van der Waals surface area contributed by atoms with Gasteiger partial charge in [0.25, 0.3) is 0 Å². The summed E-state index contributed by atoms with van der Waals surface area (Å²) >= 11 is 0. The summed E-state index contributed by atoms with van der Waals surface area (Å²) in [6.07, 6.45) is 4.88. The Kier molecular flexibility index (Phi) is 5.89. The van der Waals surface area contributed by atoms with Crippen LogP contribution in [0.25, 0.3) is 11.1 Å². The minimum Gasteiger partial charge on any atom is -0.494 e. The summed E-state index contributed by atoms with van der Waals surface area (Å²) in [7, 11) is 0. The van der Waals surface area contributed by atoms with Crippen LogP contribution in [0, 0.1) is 6.07 Å². The van der Waals surface area contributed by atoms with Crippen LogP contribution >= 0.6 is 0 Å². The van der Waals surface area contributed by atoms with Crippen molar-refractivity contribution in [2.75, 3.05) is 19.7 Å². The van der Waals surface area contributed by atoms with Gasteiger partial charge < -0.3 is 9.64 Å². The van der Waals surface area contributed by atoms with E-state index in [1.807, 2.05) is 47.4 Å². The molecule has 2 aromatic rings. The van der Waals surface area contributed by atoms with Gasteiger partial charge >= 0.3 is 0 Å². The van der Waals surface area contributed by atoms with Crippen LogP contribution in [0.3, 0.4) is 0 Å². The van der Waals surface area contributed by atoms with Gasteiger partial charge in [-0.2, -0.15) is 0 Å². The first-order valence-electron chi connectivity index (χ1n) is 8.80. The summed E-state index contributed by atoms with van der Waals surface area (Å²) in [5, 5.41) is 0. The van der Waals surface area contributed by atoms with Gasteiger partial charge in [-0.25, -0.2) is 0 Å². The molecule has 0 N–H and O–H groups in total. The number of ether oxygens (including phenoxy) is 1. The van der Waals surface area contributed by atoms with Crippen molar-refractivity contribution in [2.45, 2.75) is 32.1 Å². The zero-order chi connectivity index (χ0) is 16.6. The molecular formula is C21H24NO2. The van der Waals surface area contributed by atoms with E-state index in [4.69, 9.17) is 4.74 Å². The third-order valence-electron chi connectivity index (χ3n) is 4.40. The molecule has 1 amide bonds. The summed E-state index contributed by atoms with van der Waals surface area (Å²) < 4.78 is 5.83. The van der Waals surface area contributed by atoms with E-state index in [0.717, 1.165) is 49.2 Å². The van der Waals surface area contributed by atoms with Gasteiger partial charge in [0, 0.05) is 19.5 Å². The van der Waals surface area contributed by atoms with Crippen molar-refractivity contribution in [3.8, 4) is 16.9 Å². The summed E-state index contributed by atoms with van der Waals surface area (Å²) in [6.45, 7) is 2.43. The van der Waals surface area contributed by atoms with Gasteiger partial charge in [-0.15, -0.1) is 0 Å². The molecule has 1 radical (unpaired) electrons. The number of benzene rings is 2. The number of carbonyl (C=O) groups is 1. The zero-order valence-electron chi connectivity index (χ0n) is 14.0. The van der Waals surface area contributed by atoms with Crippen LogP contribution in [0.2, 0.25) is 0 Å². The summed E-state index contributed by atoms with van der Waals surface area (Å²) in [4.78, 5) is 14.1. The highest BCUT2D eigenvalue weighted by atomic mass is 16.5. The lowest BCUT2D eigenvalue weighted by Gasteiger charge is -2.26. The molecule has 0 atom stereocenters. The van der Waals surface area contributed by atoms with Crippen molar-refractivity contribution >= 4 is 5.91 Å². The first-order valence-corrected chi connectivity index (χ1v) is 8.80. The van der Waals surface area contributed by atoms with Gasteiger partial charge in [-0.1, -0.05) is 36.4 Å². The lowest BCUT2D eigenvalue weighted by Crippen LogP contribution is -2.35. The fourth-order valence-corrected chi connectivity index (χ4v) is 3.06. The minimum absolute atomic E-state index is 0.271. The smallest absolute Gasteiger partial charge is 0.222 e. The summed E-state index contributed by atoms with van der Waals surface area (Å²) in [5.74, 6) is 1.12. The SMILES string of the molecule is O=C(CCCOc1cccc(-c2cc[c]cc2)c1)N1CCCCC1. The van der Waals surface area contributed by atoms with Gasteiger partial charge in [0.1, 0.15) is 5.75 Å². The van der Waals surface area contributed by atoms with Crippen LogP contribution in [0.1, 0.15) is 32.1 Å². The van der Waals surface area contributed by atoms with Gasteiger partial charge in [-0.3, -0.25) is 4.79 Å². The van der Waals surface area contributed by atoms with E-state index < -0.39 is 0 Å². The maximum atomic E-state index is 12.1. The molecule has 2 aromatic carbocycles. The number of likely N-dealkylation sites (tertiary alicyclic amines) is 1. The highest BCUT2D eigenvalue weighted by molar-refractivity contribution is 5.76. The number of piperidine rings is 1. The van der Waals surface area contributed by atoms with Gasteiger partial charge in [0.2, 0.25) is 5.91 Å². The van der Waals surface area contributed by atoms with E-state index in [2.05, 4.69) is 12.1 Å². The molecule has 1 fully saturated rings. The Hall–Kier alpha value is -2.29. The van der Waals surface area contributed by atoms with Crippen LogP contribution in [0.5, 0.6) is 5.75 Å². The lowest BCUT2D eigenvalue weighted by atomic mass is 10.1. The first kappa shape index (κ1) is 16.6. The Balaban J connectivity index is 1.46. The van der Waals surface area contributed by atoms with E-state index >= 15 is 0 Å². The average Bonchev–Trinajstić information content (AvgIpc) is 2.67. The van der Waals surface area contributed by atoms with Crippen molar-refractivity contribution in [2.24, 2.45) is 0 Å². The minimum atomic E-state index is 0.271. The molecule has 1 aliphatic rings. The molecule has 0 bridgehead atoms. The molecular weight excluding hydrogens is 298 g/mol. The van der Waals surface area contributed by atoms with E-state index in [1.165, 1.54) is 6.42 Å². The highest BCUT2D eigenvalue weighted by Crippen LogP contribution is 2.23. The normalized spacial score (nSPS) is 14.4. The Labute approximate surface area is 144 Å². The van der Waals surface area contributed by atoms with Crippen molar-refractivity contribution < 1.29 is 9.53 Å². The quantitative estimate of drug-likeness (QED) is 0.741. The molecule has 0 unspecified atom stereocenters. The van der Waals surface area contributed by atoms with Gasteiger partial charge in [0.05, 0.1) is 6.61 Å². The molecule has 1 saturated heterocycles. The highest BCUT2D eigenvalue weighted by Gasteiger charge is 2.15. The van der Waals surface area contributed by atoms with Crippen molar-refractivity contribution in [3.05, 3.63) is 54.6 Å². The summed E-state index contributed by atoms with van der Waals surface area (Å²) in [5.41, 5.74) is 2.28. The van der Waals surface area contributed by atoms with E-state index in [0.29, 0.717) is 13.0 Å². The van der Waals surface area contributed by atoms with Gasteiger partial charge in [0.15, 0.2) is 0 Å². The van der Waals surface area contributed by atoms with E-state index in [-0.39, 0.29) is 5.91 Å². The zero-order valence-corrected chi connectivity index (χ0v) is 14.0. The second-order valence-corrected chi connectivity index (χ2v) is 6.21. The predicted molar refractivity (Wildman–Crippen MR) is 95.9 cm³/mol. The second kappa shape index (κ2) is 8.53. The van der Waals surface area contributed by atoms with Crippen LogP contribution in [-0.2, 0) is 4.79 Å². The fourth-order valence-electron chi connectivity index (χ4n) is 3.06. The Bertz CT molecular complexity index is 648. The molecule has 3 heteroatoms. The standard InChI is InChI=1S/C21H24NO2/c23-21(22-14-5-2-6-15-22)13-8-16-24-20-12-7-11-19(17-20)18-9-3-1-4-10-18/h3-4,7,9-12,17H,2,5-6,8,13-16H2. The second-order valence-electron chi connectivity index (χ2n) is 6.21. The van der Waals surface area contributed by atoms with E-state index in [1.54, 1.807) is 0 Å². The molecule has 24 heavy (non-hydrogen) atoms. The van der Waals surface area contributed by atoms with Gasteiger partial charge in [-0.05, 0) is 55.0 Å². The molecule has 0 aromatic heterocycles. The Morgan fingerprint density at radius 1 is 1.04 bits per heavy atom. The first-order chi connectivity index (χ1) is 11.8. The molecule has 3 nitrogen and oxygen atoms in total. The number of hydrogen-bond donors (Lipinski definition) is 0. The number of carbonyl (C=O) groups excluding carboxylic acids is 1. The molecule has 125 valence electrons. The largest absolute Gasteiger partial charge is 0.494 e. The van der Waals surface area contributed by atoms with Crippen molar-refractivity contribution in [3.63, 3.8) is 0 Å². The number of amides is 1. The number of rotatable bonds is 6. The molecule has 0 spiro atoms. The third-order valence-corrected chi connectivity index (χ3v) is 4.40. The predicted octanol–water partition coefficient (Wildman–Crippen LogP) is 4.33. The van der Waals surface area contributed by atoms with Crippen LogP contribution in [0.15, 0.2) is 48.5 Å². The monoisotopic (exact) mass is 322 g/mol. The maximum Gasteiger partial charge on any atom is 0.222 e. The number of hydrogen-bond acceptors (Lipinski definition) is 2. The van der Waals surface area contributed by atoms with Crippen LogP contribution in [-0.4, -0.2) is 30.5 Å². The lowest BCUT2D eigenvalue weighted by molar-refractivity contribution is -0.132. The van der Waals surface area contributed by atoms with E-state index in [9.17, 15) is 4.79 Å². The third kappa shape index (κ3) is 4.60. The molecule has 3 rings (SSSR count). The Morgan fingerprint density at radius 3 is 2.62 bits per heavy atom. The topological polar surface area (TPSA) is 29.5 Å². The molecule has 1 aliphatic heterocycles. The maximum absolute atomic E-state index is 12.1. The van der Waals surface area contributed by atoms with Crippen LogP contribution in [0.4, 0.5) is 0 Å². The van der Waals surface area contributed by atoms with Crippen LogP contribution < -0.4 is 4.74 Å². The number of nitrogens with zero attached hydrogens (tertiary/aromatic N) is 1. The fraction of sp³-hybridized carbons (Fsp3) is 0.381. The molecule has 1 heterocycles. The van der Waals surface area contributed by atoms with Crippen molar-refractivity contribution in [1.82, 2.24) is 4.90 Å².